The standard InChI is InChI=1S/C22H22Br2O/c1-12-6-7-17(23)15-10-13-4-3-5-14-11-16-18(24)8-9-19(25-2)21(16)22(13,14)20(12)15/h6-9,13-14H,3-5,10-11H2,1-2H3/t13-,14-,22-/m0/s1. The van der Waals surface area contributed by atoms with E-state index in [1.54, 1.807) is 11.1 Å². The van der Waals surface area contributed by atoms with E-state index in [-0.39, 0.29) is 5.41 Å². The minimum absolute atomic E-state index is 0.145. The first-order valence-corrected chi connectivity index (χ1v) is 10.8. The molecule has 1 spiro atoms. The third-order valence-electron chi connectivity index (χ3n) is 7.02. The molecule has 0 radical (unpaired) electrons. The molecule has 0 aromatic heterocycles. The van der Waals surface area contributed by atoms with Gasteiger partial charge in [0.1, 0.15) is 5.75 Å². The van der Waals surface area contributed by atoms with E-state index >= 15 is 0 Å². The Labute approximate surface area is 166 Å². The van der Waals surface area contributed by atoms with E-state index in [1.807, 2.05) is 7.11 Å². The summed E-state index contributed by atoms with van der Waals surface area (Å²) >= 11 is 7.70. The van der Waals surface area contributed by atoms with Gasteiger partial charge in [-0.1, -0.05) is 44.3 Å². The lowest BCUT2D eigenvalue weighted by Gasteiger charge is -2.44. The summed E-state index contributed by atoms with van der Waals surface area (Å²) in [6, 6.07) is 8.88. The molecule has 2 aromatic carbocycles. The number of methoxy groups -OCH3 is 1. The van der Waals surface area contributed by atoms with Crippen LogP contribution in [0.4, 0.5) is 0 Å². The van der Waals surface area contributed by atoms with E-state index in [4.69, 9.17) is 4.74 Å². The number of hydrogen-bond acceptors (Lipinski definition) is 1. The molecule has 3 heteroatoms. The van der Waals surface area contributed by atoms with Crippen LogP contribution in [0.5, 0.6) is 5.75 Å². The summed E-state index contributed by atoms with van der Waals surface area (Å²) in [4.78, 5) is 0. The van der Waals surface area contributed by atoms with Crippen LogP contribution in [0.3, 0.4) is 0 Å². The average molecular weight is 462 g/mol. The molecule has 3 aliphatic rings. The highest BCUT2D eigenvalue weighted by atomic mass is 79.9. The van der Waals surface area contributed by atoms with Gasteiger partial charge in [-0.2, -0.15) is 0 Å². The van der Waals surface area contributed by atoms with Crippen LogP contribution in [0.15, 0.2) is 33.2 Å². The first kappa shape index (κ1) is 16.4. The lowest BCUT2D eigenvalue weighted by Crippen LogP contribution is -2.41. The van der Waals surface area contributed by atoms with E-state index in [1.165, 1.54) is 57.7 Å². The fourth-order valence-corrected chi connectivity index (χ4v) is 7.28. The predicted octanol–water partition coefficient (Wildman–Crippen LogP) is 6.34. The topological polar surface area (TPSA) is 9.23 Å². The zero-order valence-electron chi connectivity index (χ0n) is 14.7. The maximum Gasteiger partial charge on any atom is 0.123 e. The molecular weight excluding hydrogens is 440 g/mol. The monoisotopic (exact) mass is 460 g/mol. The fraction of sp³-hybridized carbons (Fsp3) is 0.455. The van der Waals surface area contributed by atoms with Crippen molar-refractivity contribution in [3.63, 3.8) is 0 Å². The second-order valence-electron chi connectivity index (χ2n) is 7.92. The summed E-state index contributed by atoms with van der Waals surface area (Å²) in [5, 5.41) is 0. The lowest BCUT2D eigenvalue weighted by atomic mass is 9.59. The van der Waals surface area contributed by atoms with E-state index in [0.717, 1.165) is 5.75 Å². The van der Waals surface area contributed by atoms with Gasteiger partial charge in [0.2, 0.25) is 0 Å². The Balaban J connectivity index is 1.91. The normalized spacial score (nSPS) is 29.0. The zero-order valence-corrected chi connectivity index (χ0v) is 17.8. The molecule has 0 unspecified atom stereocenters. The smallest absolute Gasteiger partial charge is 0.123 e. The molecule has 0 bridgehead atoms. The number of ether oxygens (including phenoxy) is 1. The Morgan fingerprint density at radius 1 is 0.920 bits per heavy atom. The highest BCUT2D eigenvalue weighted by Crippen LogP contribution is 2.66. The number of hydrogen-bond donors (Lipinski definition) is 0. The summed E-state index contributed by atoms with van der Waals surface area (Å²) in [5.74, 6) is 2.48. The quantitative estimate of drug-likeness (QED) is 0.481. The second-order valence-corrected chi connectivity index (χ2v) is 9.63. The zero-order chi connectivity index (χ0) is 17.3. The van der Waals surface area contributed by atoms with E-state index in [0.29, 0.717) is 11.8 Å². The Morgan fingerprint density at radius 3 is 2.16 bits per heavy atom. The molecule has 130 valence electrons. The summed E-state index contributed by atoms with van der Waals surface area (Å²) in [7, 11) is 1.83. The number of benzene rings is 2. The molecule has 0 aliphatic heterocycles. The van der Waals surface area contributed by atoms with Gasteiger partial charge in [0.05, 0.1) is 7.11 Å². The van der Waals surface area contributed by atoms with Crippen LogP contribution >= 0.6 is 31.9 Å². The van der Waals surface area contributed by atoms with Gasteiger partial charge in [-0.25, -0.2) is 0 Å². The van der Waals surface area contributed by atoms with Gasteiger partial charge in [0.25, 0.3) is 0 Å². The molecule has 5 rings (SSSR count). The molecule has 0 saturated heterocycles. The third kappa shape index (κ3) is 1.95. The number of rotatable bonds is 1. The first-order valence-electron chi connectivity index (χ1n) is 9.23. The molecule has 0 heterocycles. The minimum Gasteiger partial charge on any atom is -0.496 e. The minimum atomic E-state index is 0.145. The summed E-state index contributed by atoms with van der Waals surface area (Å²) in [5.41, 5.74) is 7.72. The van der Waals surface area contributed by atoms with Crippen molar-refractivity contribution in [1.82, 2.24) is 0 Å². The van der Waals surface area contributed by atoms with E-state index in [9.17, 15) is 0 Å². The first-order chi connectivity index (χ1) is 12.1. The highest BCUT2D eigenvalue weighted by Gasteiger charge is 2.60. The SMILES string of the molecule is COc1ccc(Br)c2c1[C@@]13c4c(C)ccc(Br)c4C[C@@H]1CCC[C@H]3C2. The molecule has 2 aromatic rings. The number of halogens is 2. The van der Waals surface area contributed by atoms with Gasteiger partial charge in [-0.05, 0) is 84.9 Å². The predicted molar refractivity (Wildman–Crippen MR) is 109 cm³/mol. The maximum atomic E-state index is 5.92. The van der Waals surface area contributed by atoms with Crippen molar-refractivity contribution in [3.8, 4) is 5.75 Å². The summed E-state index contributed by atoms with van der Waals surface area (Å²) in [6.45, 7) is 2.30. The fourth-order valence-electron chi connectivity index (χ4n) is 6.30. The van der Waals surface area contributed by atoms with Gasteiger partial charge in [0, 0.05) is 19.9 Å². The van der Waals surface area contributed by atoms with E-state index in [2.05, 4.69) is 63.0 Å². The maximum absolute atomic E-state index is 5.92. The molecule has 1 fully saturated rings. The Morgan fingerprint density at radius 2 is 1.52 bits per heavy atom. The largest absolute Gasteiger partial charge is 0.496 e. The van der Waals surface area contributed by atoms with E-state index < -0.39 is 0 Å². The molecule has 3 atom stereocenters. The van der Waals surface area contributed by atoms with Crippen LogP contribution in [-0.2, 0) is 18.3 Å². The van der Waals surface area contributed by atoms with Crippen molar-refractivity contribution in [3.05, 3.63) is 61.0 Å². The molecule has 0 N–H and O–H groups in total. The van der Waals surface area contributed by atoms with Gasteiger partial charge in [-0.15, -0.1) is 0 Å². The van der Waals surface area contributed by atoms with Crippen LogP contribution in [0.25, 0.3) is 0 Å². The van der Waals surface area contributed by atoms with Crippen molar-refractivity contribution in [1.29, 1.82) is 0 Å². The van der Waals surface area contributed by atoms with Gasteiger partial charge in [0.15, 0.2) is 0 Å². The molecular formula is C22H22Br2O. The van der Waals surface area contributed by atoms with Crippen molar-refractivity contribution >= 4 is 31.9 Å². The van der Waals surface area contributed by atoms with Crippen molar-refractivity contribution in [2.45, 2.75) is 44.4 Å². The van der Waals surface area contributed by atoms with Crippen LogP contribution in [0.1, 0.15) is 47.1 Å². The van der Waals surface area contributed by atoms with Crippen molar-refractivity contribution < 1.29 is 4.74 Å². The lowest BCUT2D eigenvalue weighted by molar-refractivity contribution is 0.172. The summed E-state index contributed by atoms with van der Waals surface area (Å²) < 4.78 is 8.46. The number of aryl methyl sites for hydroxylation is 1. The van der Waals surface area contributed by atoms with Gasteiger partial charge in [-0.3, -0.25) is 0 Å². The van der Waals surface area contributed by atoms with Crippen LogP contribution in [-0.4, -0.2) is 7.11 Å². The van der Waals surface area contributed by atoms with Crippen LogP contribution in [0, 0.1) is 18.8 Å². The average Bonchev–Trinajstić information content (AvgIpc) is 3.15. The molecule has 0 amide bonds. The molecule has 25 heavy (non-hydrogen) atoms. The highest BCUT2D eigenvalue weighted by molar-refractivity contribution is 9.10. The second kappa shape index (κ2) is 5.60. The Hall–Kier alpha value is -0.800. The van der Waals surface area contributed by atoms with Crippen LogP contribution < -0.4 is 4.74 Å². The molecule has 3 aliphatic carbocycles. The molecule has 1 nitrogen and oxygen atoms in total. The van der Waals surface area contributed by atoms with Crippen LogP contribution in [0.2, 0.25) is 0 Å². The number of fused-ring (bicyclic) bond motifs is 2. The Bertz CT molecular complexity index is 880. The summed E-state index contributed by atoms with van der Waals surface area (Å²) in [6.07, 6.45) is 6.38. The Kier molecular flexibility index (Phi) is 3.67. The third-order valence-corrected chi connectivity index (χ3v) is 8.51. The van der Waals surface area contributed by atoms with Gasteiger partial charge < -0.3 is 4.74 Å². The molecule has 1 saturated carbocycles. The van der Waals surface area contributed by atoms with Crippen molar-refractivity contribution in [2.24, 2.45) is 11.8 Å². The van der Waals surface area contributed by atoms with Gasteiger partial charge >= 0.3 is 0 Å². The van der Waals surface area contributed by atoms with Crippen molar-refractivity contribution in [2.75, 3.05) is 7.11 Å².